The fourth-order valence-corrected chi connectivity index (χ4v) is 2.77. The molecule has 0 spiro atoms. The van der Waals surface area contributed by atoms with Crippen LogP contribution in [0.4, 0.5) is 0 Å². The molecular weight excluding hydrogens is 232 g/mol. The maximum atomic E-state index is 11.0. The second-order valence-corrected chi connectivity index (χ2v) is 5.72. The van der Waals surface area contributed by atoms with Gasteiger partial charge in [0.15, 0.2) is 0 Å². The van der Waals surface area contributed by atoms with Gasteiger partial charge in [-0.2, -0.15) is 4.98 Å². The Morgan fingerprint density at radius 1 is 1.44 bits per heavy atom. The maximum absolute atomic E-state index is 11.0. The second-order valence-electron chi connectivity index (χ2n) is 5.72. The number of carbonyl (C=O) groups excluding carboxylic acids is 1. The molecule has 1 fully saturated rings. The van der Waals surface area contributed by atoms with Crippen LogP contribution in [-0.2, 0) is 0 Å². The van der Waals surface area contributed by atoms with Gasteiger partial charge in [-0.25, -0.2) is 0 Å². The summed E-state index contributed by atoms with van der Waals surface area (Å²) in [5.41, 5.74) is 11.2. The third-order valence-electron chi connectivity index (χ3n) is 4.46. The summed E-state index contributed by atoms with van der Waals surface area (Å²) in [6.45, 7) is 6.44. The Bertz CT molecular complexity index is 455. The molecule has 6 nitrogen and oxygen atoms in total. The average Bonchev–Trinajstić information content (AvgIpc) is 2.75. The molecule has 3 atom stereocenters. The Morgan fingerprint density at radius 3 is 2.67 bits per heavy atom. The molecular formula is C12H20N4O2. The highest BCUT2D eigenvalue weighted by Crippen LogP contribution is 2.49. The van der Waals surface area contributed by atoms with E-state index in [4.69, 9.17) is 16.0 Å². The number of primary amides is 1. The predicted molar refractivity (Wildman–Crippen MR) is 65.7 cm³/mol. The van der Waals surface area contributed by atoms with Crippen LogP contribution in [0.3, 0.4) is 0 Å². The number of nitrogens with two attached hydrogens (primary N) is 2. The first kappa shape index (κ1) is 13.0. The summed E-state index contributed by atoms with van der Waals surface area (Å²) in [4.78, 5) is 15.1. The van der Waals surface area contributed by atoms with Crippen LogP contribution in [0.25, 0.3) is 0 Å². The number of carbonyl (C=O) groups is 1. The molecule has 3 unspecified atom stereocenters. The highest BCUT2D eigenvalue weighted by Gasteiger charge is 2.44. The fraction of sp³-hybridized carbons (Fsp3) is 0.750. The van der Waals surface area contributed by atoms with E-state index in [9.17, 15) is 4.79 Å². The topological polar surface area (TPSA) is 108 Å². The van der Waals surface area contributed by atoms with E-state index in [1.807, 2.05) is 0 Å². The van der Waals surface area contributed by atoms with Crippen molar-refractivity contribution < 1.29 is 9.32 Å². The van der Waals surface area contributed by atoms with E-state index in [0.29, 0.717) is 11.8 Å². The van der Waals surface area contributed by atoms with Gasteiger partial charge in [-0.15, -0.1) is 0 Å². The van der Waals surface area contributed by atoms with Gasteiger partial charge in [0.25, 0.3) is 11.7 Å². The Balaban J connectivity index is 2.29. The molecule has 1 aliphatic rings. The maximum Gasteiger partial charge on any atom is 0.290 e. The third-order valence-corrected chi connectivity index (χ3v) is 4.46. The van der Waals surface area contributed by atoms with Crippen molar-refractivity contribution in [1.82, 2.24) is 10.1 Å². The zero-order valence-corrected chi connectivity index (χ0v) is 11.0. The van der Waals surface area contributed by atoms with Gasteiger partial charge in [-0.3, -0.25) is 4.79 Å². The number of hydrogen-bond donors (Lipinski definition) is 2. The summed E-state index contributed by atoms with van der Waals surface area (Å²) in [6, 6.07) is 0.190. The van der Waals surface area contributed by atoms with E-state index in [1.54, 1.807) is 0 Å². The minimum absolute atomic E-state index is 0.0425. The second kappa shape index (κ2) is 4.35. The van der Waals surface area contributed by atoms with Crippen molar-refractivity contribution in [3.05, 3.63) is 11.7 Å². The van der Waals surface area contributed by atoms with Gasteiger partial charge in [0.1, 0.15) is 0 Å². The predicted octanol–water partition coefficient (Wildman–Crippen LogP) is 1.04. The third kappa shape index (κ3) is 2.01. The van der Waals surface area contributed by atoms with Crippen LogP contribution in [0, 0.1) is 11.3 Å². The van der Waals surface area contributed by atoms with Crippen LogP contribution in [0.5, 0.6) is 0 Å². The van der Waals surface area contributed by atoms with Crippen molar-refractivity contribution in [3.8, 4) is 0 Å². The standard InChI is InChI=1S/C12H20N4O2/c1-6-8(13)5-4-7(12(6,2)3)11-15-10(9(14)17)16-18-11/h6-8H,4-5,13H2,1-3H3,(H2,14,17). The smallest absolute Gasteiger partial charge is 0.290 e. The molecule has 1 aromatic heterocycles. The quantitative estimate of drug-likeness (QED) is 0.817. The number of hydrogen-bond acceptors (Lipinski definition) is 5. The average molecular weight is 252 g/mol. The van der Waals surface area contributed by atoms with Crippen molar-refractivity contribution in [3.63, 3.8) is 0 Å². The van der Waals surface area contributed by atoms with Crippen molar-refractivity contribution in [2.45, 2.75) is 45.6 Å². The van der Waals surface area contributed by atoms with Gasteiger partial charge >= 0.3 is 0 Å². The van der Waals surface area contributed by atoms with Crippen LogP contribution in [0.2, 0.25) is 0 Å². The Kier molecular flexibility index (Phi) is 3.14. The monoisotopic (exact) mass is 252 g/mol. The lowest BCUT2D eigenvalue weighted by atomic mass is 9.61. The van der Waals surface area contributed by atoms with Crippen LogP contribution in [0.15, 0.2) is 4.52 Å². The van der Waals surface area contributed by atoms with Gasteiger partial charge in [0.05, 0.1) is 0 Å². The van der Waals surface area contributed by atoms with E-state index >= 15 is 0 Å². The minimum atomic E-state index is -0.664. The molecule has 1 saturated carbocycles. The summed E-state index contributed by atoms with van der Waals surface area (Å²) in [5.74, 6) is 0.243. The number of amides is 1. The molecule has 100 valence electrons. The van der Waals surface area contributed by atoms with Crippen molar-refractivity contribution in [2.75, 3.05) is 0 Å². The lowest BCUT2D eigenvalue weighted by molar-refractivity contribution is 0.0806. The van der Waals surface area contributed by atoms with Gasteiger partial charge in [-0.05, 0) is 24.2 Å². The van der Waals surface area contributed by atoms with E-state index in [2.05, 4.69) is 30.9 Å². The lowest BCUT2D eigenvalue weighted by Crippen LogP contribution is -2.45. The lowest BCUT2D eigenvalue weighted by Gasteiger charge is -2.45. The first-order valence-electron chi connectivity index (χ1n) is 6.23. The Morgan fingerprint density at radius 2 is 2.11 bits per heavy atom. The first-order chi connectivity index (χ1) is 8.34. The summed E-state index contributed by atoms with van der Waals surface area (Å²) in [7, 11) is 0. The van der Waals surface area contributed by atoms with Crippen molar-refractivity contribution in [2.24, 2.45) is 22.8 Å². The molecule has 1 heterocycles. The molecule has 1 aliphatic carbocycles. The van der Waals surface area contributed by atoms with Crippen LogP contribution < -0.4 is 11.5 Å². The van der Waals surface area contributed by atoms with Crippen molar-refractivity contribution >= 4 is 5.91 Å². The summed E-state index contributed by atoms with van der Waals surface area (Å²) in [5, 5.41) is 3.61. The highest BCUT2D eigenvalue weighted by molar-refractivity contribution is 5.88. The molecule has 1 aromatic rings. The van der Waals surface area contributed by atoms with E-state index in [-0.39, 0.29) is 23.2 Å². The van der Waals surface area contributed by atoms with Crippen LogP contribution in [-0.4, -0.2) is 22.1 Å². The van der Waals surface area contributed by atoms with E-state index in [1.165, 1.54) is 0 Å². The number of aromatic nitrogens is 2. The first-order valence-corrected chi connectivity index (χ1v) is 6.23. The molecule has 18 heavy (non-hydrogen) atoms. The number of nitrogens with zero attached hydrogens (tertiary/aromatic N) is 2. The van der Waals surface area contributed by atoms with Crippen LogP contribution in [0.1, 0.15) is 56.0 Å². The van der Waals surface area contributed by atoms with Gasteiger partial charge in [-0.1, -0.05) is 25.9 Å². The van der Waals surface area contributed by atoms with E-state index in [0.717, 1.165) is 12.8 Å². The molecule has 0 aliphatic heterocycles. The normalized spacial score (nSPS) is 31.2. The molecule has 0 bridgehead atoms. The van der Waals surface area contributed by atoms with Crippen molar-refractivity contribution in [1.29, 1.82) is 0 Å². The Hall–Kier alpha value is -1.43. The number of rotatable bonds is 2. The zero-order chi connectivity index (χ0) is 13.5. The summed E-state index contributed by atoms with van der Waals surface area (Å²) >= 11 is 0. The zero-order valence-electron chi connectivity index (χ0n) is 11.0. The molecule has 1 amide bonds. The molecule has 0 aromatic carbocycles. The molecule has 0 radical (unpaired) electrons. The summed E-state index contributed by atoms with van der Waals surface area (Å²) < 4.78 is 5.18. The molecule has 2 rings (SSSR count). The van der Waals surface area contributed by atoms with E-state index < -0.39 is 5.91 Å². The highest BCUT2D eigenvalue weighted by atomic mass is 16.5. The molecule has 0 saturated heterocycles. The fourth-order valence-electron chi connectivity index (χ4n) is 2.77. The SMILES string of the molecule is CC1C(N)CCC(c2nc(C(N)=O)no2)C1(C)C. The van der Waals surface area contributed by atoms with Crippen LogP contribution >= 0.6 is 0 Å². The molecule has 4 N–H and O–H groups in total. The van der Waals surface area contributed by atoms with Gasteiger partial charge in [0, 0.05) is 12.0 Å². The largest absolute Gasteiger partial charge is 0.363 e. The molecule has 6 heteroatoms. The van der Waals surface area contributed by atoms with Gasteiger partial charge in [0.2, 0.25) is 5.89 Å². The Labute approximate surface area is 106 Å². The summed E-state index contributed by atoms with van der Waals surface area (Å²) in [6.07, 6.45) is 1.81. The minimum Gasteiger partial charge on any atom is -0.363 e. The van der Waals surface area contributed by atoms with Gasteiger partial charge < -0.3 is 16.0 Å².